The molecule has 0 unspecified atom stereocenters. The lowest BCUT2D eigenvalue weighted by Gasteiger charge is -2.15. The Kier molecular flexibility index (Phi) is 6.49. The molecule has 95 valence electrons. The van der Waals surface area contributed by atoms with E-state index in [-0.39, 0.29) is 6.54 Å². The number of aliphatic carboxylic acids is 1. The number of rotatable bonds is 7. The van der Waals surface area contributed by atoms with E-state index in [1.165, 1.54) is 13.2 Å². The Hall–Kier alpha value is -1.96. The number of carboxylic acids is 1. The fourth-order valence-electron chi connectivity index (χ4n) is 0.943. The maximum atomic E-state index is 11.3. The lowest BCUT2D eigenvalue weighted by atomic mass is 10.2. The van der Waals surface area contributed by atoms with E-state index in [0.717, 1.165) is 0 Å². The van der Waals surface area contributed by atoms with Crippen LogP contribution in [0.2, 0.25) is 0 Å². The summed E-state index contributed by atoms with van der Waals surface area (Å²) in [6.45, 7) is 1.10. The first kappa shape index (κ1) is 15.0. The van der Waals surface area contributed by atoms with E-state index in [0.29, 0.717) is 0 Å². The monoisotopic (exact) mass is 244 g/mol. The smallest absolute Gasteiger partial charge is 0.305 e. The topological polar surface area (TPSA) is 139 Å². The van der Waals surface area contributed by atoms with Crippen molar-refractivity contribution >= 4 is 24.1 Å². The predicted molar refractivity (Wildman–Crippen MR) is 56.5 cm³/mol. The molecule has 8 nitrogen and oxygen atoms in total. The molecule has 0 rings (SSSR count). The van der Waals surface area contributed by atoms with Crippen molar-refractivity contribution in [2.24, 2.45) is 5.73 Å². The molecule has 2 amide bonds. The van der Waals surface area contributed by atoms with E-state index in [1.54, 1.807) is 0 Å². The molecule has 17 heavy (non-hydrogen) atoms. The second-order valence-corrected chi connectivity index (χ2v) is 3.30. The minimum atomic E-state index is -1.22. The van der Waals surface area contributed by atoms with Crippen LogP contribution in [0.4, 0.5) is 0 Å². The standard InChI is InChI=1S/C9H14N3O5/c1-5(8(16)11-2-3-13)12-9(17)6(10)4-7(14)15/h5-6H,2,4,10H2,1H3,(H,11,16)(H,12,17)(H,14,15)/t5-,6-/m0/s1. The maximum absolute atomic E-state index is 11.3. The Labute approximate surface area is 97.5 Å². The van der Waals surface area contributed by atoms with Crippen LogP contribution in [-0.2, 0) is 19.2 Å². The Morgan fingerprint density at radius 1 is 1.35 bits per heavy atom. The van der Waals surface area contributed by atoms with Gasteiger partial charge in [0.1, 0.15) is 6.04 Å². The van der Waals surface area contributed by atoms with Gasteiger partial charge in [0.2, 0.25) is 18.1 Å². The van der Waals surface area contributed by atoms with Gasteiger partial charge in [0.05, 0.1) is 19.0 Å². The fourth-order valence-corrected chi connectivity index (χ4v) is 0.943. The van der Waals surface area contributed by atoms with E-state index in [2.05, 4.69) is 10.6 Å². The third-order valence-electron chi connectivity index (χ3n) is 1.82. The zero-order valence-corrected chi connectivity index (χ0v) is 9.23. The molecule has 2 atom stereocenters. The number of hydrogen-bond donors (Lipinski definition) is 4. The molecule has 0 bridgehead atoms. The van der Waals surface area contributed by atoms with Gasteiger partial charge in [0, 0.05) is 0 Å². The molecule has 0 saturated carbocycles. The minimum absolute atomic E-state index is 0.278. The van der Waals surface area contributed by atoms with Gasteiger partial charge < -0.3 is 21.5 Å². The van der Waals surface area contributed by atoms with Gasteiger partial charge in [0.25, 0.3) is 0 Å². The molecule has 8 heteroatoms. The van der Waals surface area contributed by atoms with Crippen LogP contribution in [0.3, 0.4) is 0 Å². The highest BCUT2D eigenvalue weighted by atomic mass is 16.4. The zero-order chi connectivity index (χ0) is 13.4. The number of carbonyl (C=O) groups is 3. The Bertz CT molecular complexity index is 318. The van der Waals surface area contributed by atoms with Gasteiger partial charge in [-0.1, -0.05) is 0 Å². The summed E-state index contributed by atoms with van der Waals surface area (Å²) in [5, 5.41) is 12.8. The number of carbonyl (C=O) groups excluding carboxylic acids is 3. The summed E-state index contributed by atoms with van der Waals surface area (Å²) in [4.78, 5) is 42.7. The number of carboxylic acid groups (broad SMARTS) is 1. The molecule has 0 aliphatic carbocycles. The Balaban J connectivity index is 4.14. The molecule has 0 aromatic heterocycles. The van der Waals surface area contributed by atoms with Gasteiger partial charge in [-0.15, -0.1) is 0 Å². The summed E-state index contributed by atoms with van der Waals surface area (Å²) in [5.74, 6) is -2.53. The molecule has 0 aromatic rings. The molecule has 0 aliphatic rings. The van der Waals surface area contributed by atoms with Gasteiger partial charge in [-0.05, 0) is 6.92 Å². The highest BCUT2D eigenvalue weighted by Crippen LogP contribution is 1.90. The van der Waals surface area contributed by atoms with Crippen LogP contribution in [0.25, 0.3) is 0 Å². The first-order chi connectivity index (χ1) is 7.88. The average molecular weight is 244 g/mol. The van der Waals surface area contributed by atoms with Crippen LogP contribution in [0.5, 0.6) is 0 Å². The molecular weight excluding hydrogens is 230 g/mol. The van der Waals surface area contributed by atoms with E-state index in [1.807, 2.05) is 0 Å². The largest absolute Gasteiger partial charge is 0.481 e. The van der Waals surface area contributed by atoms with Crippen LogP contribution in [0.1, 0.15) is 13.3 Å². The first-order valence-electron chi connectivity index (χ1n) is 4.79. The quantitative estimate of drug-likeness (QED) is 0.391. The number of nitrogens with one attached hydrogen (secondary N) is 2. The van der Waals surface area contributed by atoms with Crippen molar-refractivity contribution in [1.29, 1.82) is 0 Å². The Morgan fingerprint density at radius 3 is 2.41 bits per heavy atom. The molecule has 5 N–H and O–H groups in total. The van der Waals surface area contributed by atoms with Gasteiger partial charge in [-0.3, -0.25) is 19.2 Å². The van der Waals surface area contributed by atoms with Crippen molar-refractivity contribution in [1.82, 2.24) is 10.6 Å². The van der Waals surface area contributed by atoms with Gasteiger partial charge in [0.15, 0.2) is 0 Å². The predicted octanol–water partition coefficient (Wildman–Crippen LogP) is -2.48. The summed E-state index contributed by atoms with van der Waals surface area (Å²) in [5.41, 5.74) is 5.28. The lowest BCUT2D eigenvalue weighted by Crippen LogP contribution is -2.50. The van der Waals surface area contributed by atoms with E-state index in [9.17, 15) is 19.2 Å². The average Bonchev–Trinajstić information content (AvgIpc) is 2.24. The lowest BCUT2D eigenvalue weighted by molar-refractivity contribution is -0.139. The van der Waals surface area contributed by atoms with Crippen LogP contribution >= 0.6 is 0 Å². The van der Waals surface area contributed by atoms with Gasteiger partial charge in [-0.25, -0.2) is 0 Å². The van der Waals surface area contributed by atoms with Crippen LogP contribution in [-0.4, -0.2) is 47.8 Å². The first-order valence-corrected chi connectivity index (χ1v) is 4.79. The molecule has 1 radical (unpaired) electrons. The molecule has 0 spiro atoms. The molecule has 0 aliphatic heterocycles. The molecule has 0 fully saturated rings. The van der Waals surface area contributed by atoms with Crippen LogP contribution < -0.4 is 16.4 Å². The van der Waals surface area contributed by atoms with Crippen LogP contribution in [0, 0.1) is 0 Å². The van der Waals surface area contributed by atoms with Crippen LogP contribution in [0.15, 0.2) is 0 Å². The summed E-state index contributed by atoms with van der Waals surface area (Å²) >= 11 is 0. The fraction of sp³-hybridized carbons (Fsp3) is 0.556. The zero-order valence-electron chi connectivity index (χ0n) is 9.23. The number of nitrogens with two attached hydrogens (primary N) is 1. The van der Waals surface area contributed by atoms with E-state index < -0.39 is 36.3 Å². The van der Waals surface area contributed by atoms with E-state index >= 15 is 0 Å². The highest BCUT2D eigenvalue weighted by Gasteiger charge is 2.21. The van der Waals surface area contributed by atoms with Crippen molar-refractivity contribution in [3.8, 4) is 0 Å². The second-order valence-electron chi connectivity index (χ2n) is 3.30. The molecule has 0 aromatic carbocycles. The summed E-state index contributed by atoms with van der Waals surface area (Å²) < 4.78 is 0. The SMILES string of the molecule is C[C@H](NC(=O)[C@@H](N)CC(=O)O)C(=O)NC[C]=O. The third kappa shape index (κ3) is 6.25. The summed E-state index contributed by atoms with van der Waals surface area (Å²) in [6.07, 6.45) is 0.933. The summed E-state index contributed by atoms with van der Waals surface area (Å²) in [7, 11) is 0. The second kappa shape index (κ2) is 7.34. The minimum Gasteiger partial charge on any atom is -0.481 e. The summed E-state index contributed by atoms with van der Waals surface area (Å²) in [6, 6.07) is -2.13. The Morgan fingerprint density at radius 2 is 1.94 bits per heavy atom. The maximum Gasteiger partial charge on any atom is 0.305 e. The van der Waals surface area contributed by atoms with Crippen molar-refractivity contribution in [3.63, 3.8) is 0 Å². The van der Waals surface area contributed by atoms with Crippen molar-refractivity contribution < 1.29 is 24.3 Å². The number of hydrogen-bond acceptors (Lipinski definition) is 5. The van der Waals surface area contributed by atoms with Crippen molar-refractivity contribution in [2.45, 2.75) is 25.4 Å². The third-order valence-corrected chi connectivity index (χ3v) is 1.82. The normalized spacial score (nSPS) is 13.3. The molecule has 0 heterocycles. The number of amides is 2. The highest BCUT2D eigenvalue weighted by molar-refractivity contribution is 5.91. The van der Waals surface area contributed by atoms with E-state index in [4.69, 9.17) is 10.8 Å². The van der Waals surface area contributed by atoms with Crippen molar-refractivity contribution in [2.75, 3.05) is 6.54 Å². The van der Waals surface area contributed by atoms with Gasteiger partial charge in [-0.2, -0.15) is 0 Å². The van der Waals surface area contributed by atoms with Gasteiger partial charge >= 0.3 is 5.97 Å². The van der Waals surface area contributed by atoms with Crippen molar-refractivity contribution in [3.05, 3.63) is 0 Å². The molecule has 0 saturated heterocycles. The molecular formula is C9H14N3O5.